The van der Waals surface area contributed by atoms with Gasteiger partial charge in [-0.25, -0.2) is 0 Å². The summed E-state index contributed by atoms with van der Waals surface area (Å²) in [6, 6.07) is 11.7. The minimum atomic E-state index is -0.0266. The molecule has 6 heteroatoms. The summed E-state index contributed by atoms with van der Waals surface area (Å²) in [6.07, 6.45) is 4.47. The number of carbonyl (C=O) groups is 1. The lowest BCUT2D eigenvalue weighted by molar-refractivity contribution is 0.0951. The van der Waals surface area contributed by atoms with Gasteiger partial charge >= 0.3 is 0 Å². The van der Waals surface area contributed by atoms with E-state index in [1.165, 1.54) is 19.3 Å². The van der Waals surface area contributed by atoms with Crippen LogP contribution >= 0.6 is 11.6 Å². The lowest BCUT2D eigenvalue weighted by atomic mass is 10.0. The molecule has 2 heterocycles. The molecule has 0 unspecified atom stereocenters. The fourth-order valence-electron chi connectivity index (χ4n) is 3.96. The van der Waals surface area contributed by atoms with E-state index in [4.69, 9.17) is 21.1 Å². The molecule has 29 heavy (non-hydrogen) atoms. The second-order valence-corrected chi connectivity index (χ2v) is 8.01. The van der Waals surface area contributed by atoms with Crippen LogP contribution < -0.4 is 14.8 Å². The van der Waals surface area contributed by atoms with Crippen molar-refractivity contribution in [2.75, 3.05) is 32.8 Å². The molecule has 1 fully saturated rings. The van der Waals surface area contributed by atoms with Crippen molar-refractivity contribution in [3.05, 3.63) is 58.1 Å². The lowest BCUT2D eigenvalue weighted by Gasteiger charge is -2.27. The van der Waals surface area contributed by atoms with E-state index in [1.54, 1.807) is 0 Å². The van der Waals surface area contributed by atoms with Gasteiger partial charge in [0.15, 0.2) is 11.5 Å². The summed E-state index contributed by atoms with van der Waals surface area (Å²) in [5.41, 5.74) is 2.87. The zero-order valence-corrected chi connectivity index (χ0v) is 17.3. The average molecular weight is 415 g/mol. The number of rotatable bonds is 6. The van der Waals surface area contributed by atoms with Crippen LogP contribution in [0.3, 0.4) is 0 Å². The third-order valence-electron chi connectivity index (χ3n) is 5.46. The monoisotopic (exact) mass is 414 g/mol. The van der Waals surface area contributed by atoms with E-state index in [0.717, 1.165) is 36.3 Å². The van der Waals surface area contributed by atoms with Crippen LogP contribution in [0, 0.1) is 0 Å². The Balaban J connectivity index is 1.36. The van der Waals surface area contributed by atoms with E-state index >= 15 is 0 Å². The number of nitrogens with one attached hydrogen (secondary N) is 1. The molecule has 0 saturated carbocycles. The first kappa shape index (κ1) is 20.0. The summed E-state index contributed by atoms with van der Waals surface area (Å²) in [6.45, 7) is 4.63. The SMILES string of the molecule is O=C(NCCc1cc(Cl)c2c(c1)OCCO2)c1ccccc1CN1CCCCC1. The van der Waals surface area contributed by atoms with Crippen molar-refractivity contribution in [2.24, 2.45) is 0 Å². The summed E-state index contributed by atoms with van der Waals surface area (Å²) in [7, 11) is 0. The van der Waals surface area contributed by atoms with Crippen LogP contribution in [0.2, 0.25) is 5.02 Å². The number of ether oxygens (including phenoxy) is 2. The Morgan fingerprint density at radius 1 is 1.07 bits per heavy atom. The van der Waals surface area contributed by atoms with Gasteiger partial charge in [-0.05, 0) is 61.7 Å². The average Bonchev–Trinajstić information content (AvgIpc) is 2.75. The third kappa shape index (κ3) is 5.03. The molecule has 0 bridgehead atoms. The molecule has 5 nitrogen and oxygen atoms in total. The molecule has 4 rings (SSSR count). The van der Waals surface area contributed by atoms with Crippen LogP contribution in [0.4, 0.5) is 0 Å². The summed E-state index contributed by atoms with van der Waals surface area (Å²) < 4.78 is 11.2. The Morgan fingerprint density at radius 2 is 1.86 bits per heavy atom. The van der Waals surface area contributed by atoms with Crippen LogP contribution in [-0.4, -0.2) is 43.7 Å². The lowest BCUT2D eigenvalue weighted by Crippen LogP contribution is -2.31. The van der Waals surface area contributed by atoms with Crippen LogP contribution in [0.25, 0.3) is 0 Å². The van der Waals surface area contributed by atoms with Gasteiger partial charge < -0.3 is 14.8 Å². The Labute approximate surface area is 176 Å². The predicted molar refractivity (Wildman–Crippen MR) is 114 cm³/mol. The molecule has 0 radical (unpaired) electrons. The fraction of sp³-hybridized carbons (Fsp3) is 0.435. The van der Waals surface area contributed by atoms with Crippen LogP contribution in [-0.2, 0) is 13.0 Å². The topological polar surface area (TPSA) is 50.8 Å². The molecule has 1 amide bonds. The Hall–Kier alpha value is -2.24. The zero-order chi connectivity index (χ0) is 20.1. The minimum Gasteiger partial charge on any atom is -0.486 e. The van der Waals surface area contributed by atoms with Gasteiger partial charge in [0.1, 0.15) is 13.2 Å². The molecule has 2 aromatic rings. The number of hydrogen-bond donors (Lipinski definition) is 1. The number of amides is 1. The molecule has 0 spiro atoms. The highest BCUT2D eigenvalue weighted by Gasteiger charge is 2.18. The second kappa shape index (κ2) is 9.51. The maximum absolute atomic E-state index is 12.8. The van der Waals surface area contributed by atoms with Gasteiger partial charge in [0, 0.05) is 18.7 Å². The first-order chi connectivity index (χ1) is 14.2. The van der Waals surface area contributed by atoms with Gasteiger partial charge in [0.25, 0.3) is 5.91 Å². The highest BCUT2D eigenvalue weighted by Crippen LogP contribution is 2.38. The normalized spacial score (nSPS) is 16.4. The molecule has 2 aromatic carbocycles. The number of likely N-dealkylation sites (tertiary alicyclic amines) is 1. The standard InChI is InChI=1S/C23H27ClN2O3/c24-20-14-17(15-21-22(20)29-13-12-28-21)8-9-25-23(27)19-7-3-2-6-18(19)16-26-10-4-1-5-11-26/h2-3,6-7,14-15H,1,4-5,8-13,16H2,(H,25,27). The first-order valence-electron chi connectivity index (χ1n) is 10.4. The van der Waals surface area contributed by atoms with Crippen molar-refractivity contribution in [2.45, 2.75) is 32.2 Å². The van der Waals surface area contributed by atoms with E-state index < -0.39 is 0 Å². The van der Waals surface area contributed by atoms with Crippen molar-refractivity contribution in [3.8, 4) is 11.5 Å². The fourth-order valence-corrected chi connectivity index (χ4v) is 4.25. The summed E-state index contributed by atoms with van der Waals surface area (Å²) in [5.74, 6) is 1.26. The number of hydrogen-bond acceptors (Lipinski definition) is 4. The smallest absolute Gasteiger partial charge is 0.251 e. The van der Waals surface area contributed by atoms with Gasteiger partial charge in [-0.15, -0.1) is 0 Å². The van der Waals surface area contributed by atoms with Crippen LogP contribution in [0.5, 0.6) is 11.5 Å². The van der Waals surface area contributed by atoms with E-state index in [1.807, 2.05) is 30.3 Å². The number of benzene rings is 2. The maximum atomic E-state index is 12.8. The number of nitrogens with zero attached hydrogens (tertiary/aromatic N) is 1. The molecule has 0 aromatic heterocycles. The number of halogens is 1. The zero-order valence-electron chi connectivity index (χ0n) is 16.6. The Morgan fingerprint density at radius 3 is 2.72 bits per heavy atom. The van der Waals surface area contributed by atoms with E-state index in [-0.39, 0.29) is 5.91 Å². The number of carbonyl (C=O) groups excluding carboxylic acids is 1. The molecule has 2 aliphatic rings. The summed E-state index contributed by atoms with van der Waals surface area (Å²) in [5, 5.41) is 3.60. The highest BCUT2D eigenvalue weighted by molar-refractivity contribution is 6.32. The van der Waals surface area contributed by atoms with Crippen molar-refractivity contribution in [1.29, 1.82) is 0 Å². The van der Waals surface area contributed by atoms with E-state index in [2.05, 4.69) is 16.3 Å². The molecule has 154 valence electrons. The molecule has 1 N–H and O–H groups in total. The maximum Gasteiger partial charge on any atom is 0.251 e. The van der Waals surface area contributed by atoms with Gasteiger partial charge in [-0.3, -0.25) is 9.69 Å². The molecule has 2 aliphatic heterocycles. The largest absolute Gasteiger partial charge is 0.486 e. The van der Waals surface area contributed by atoms with Gasteiger partial charge in [-0.2, -0.15) is 0 Å². The third-order valence-corrected chi connectivity index (χ3v) is 5.74. The predicted octanol–water partition coefficient (Wildman–Crippen LogP) is 4.07. The van der Waals surface area contributed by atoms with E-state index in [0.29, 0.717) is 42.7 Å². The van der Waals surface area contributed by atoms with Gasteiger partial charge in [0.05, 0.1) is 5.02 Å². The van der Waals surface area contributed by atoms with Gasteiger partial charge in [0.2, 0.25) is 0 Å². The number of piperidine rings is 1. The van der Waals surface area contributed by atoms with Crippen molar-refractivity contribution >= 4 is 17.5 Å². The second-order valence-electron chi connectivity index (χ2n) is 7.60. The molecule has 1 saturated heterocycles. The van der Waals surface area contributed by atoms with Crippen LogP contribution in [0.15, 0.2) is 36.4 Å². The van der Waals surface area contributed by atoms with Gasteiger partial charge in [-0.1, -0.05) is 36.2 Å². The molecular weight excluding hydrogens is 388 g/mol. The quantitative estimate of drug-likeness (QED) is 0.774. The summed E-state index contributed by atoms with van der Waals surface area (Å²) in [4.78, 5) is 15.2. The van der Waals surface area contributed by atoms with Crippen molar-refractivity contribution in [3.63, 3.8) is 0 Å². The van der Waals surface area contributed by atoms with E-state index in [9.17, 15) is 4.79 Å². The highest BCUT2D eigenvalue weighted by atomic mass is 35.5. The number of fused-ring (bicyclic) bond motifs is 1. The minimum absolute atomic E-state index is 0.0266. The summed E-state index contributed by atoms with van der Waals surface area (Å²) >= 11 is 6.30. The molecule has 0 atom stereocenters. The first-order valence-corrected chi connectivity index (χ1v) is 10.7. The Bertz CT molecular complexity index is 865. The molecule has 0 aliphatic carbocycles. The van der Waals surface area contributed by atoms with Crippen molar-refractivity contribution in [1.82, 2.24) is 10.2 Å². The van der Waals surface area contributed by atoms with Crippen LogP contribution in [0.1, 0.15) is 40.7 Å². The Kier molecular flexibility index (Phi) is 6.57. The molecular formula is C23H27ClN2O3. The van der Waals surface area contributed by atoms with Crippen molar-refractivity contribution < 1.29 is 14.3 Å².